The fourth-order valence-electron chi connectivity index (χ4n) is 3.60. The van der Waals surface area contributed by atoms with E-state index in [9.17, 15) is 0 Å². The van der Waals surface area contributed by atoms with Gasteiger partial charge in [-0.25, -0.2) is 0 Å². The number of hydrogen-bond acceptors (Lipinski definition) is 0. The van der Waals surface area contributed by atoms with Gasteiger partial charge in [0.15, 0.2) is 0 Å². The molecule has 0 fully saturated rings. The van der Waals surface area contributed by atoms with Crippen molar-refractivity contribution in [1.29, 1.82) is 0 Å². The molecule has 2 aliphatic carbocycles. The normalized spacial score (nSPS) is 18.4. The van der Waals surface area contributed by atoms with Crippen LogP contribution >= 0.6 is 0 Å². The molecule has 1 aromatic heterocycles. The largest absolute Gasteiger partial charge is 1.00 e. The molecule has 0 radical (unpaired) electrons. The number of nitrogens with zero attached hydrogens (tertiary/aromatic N) is 1. The molecule has 0 aliphatic heterocycles. The Morgan fingerprint density at radius 2 is 1.60 bits per heavy atom. The van der Waals surface area contributed by atoms with Crippen LogP contribution in [0.1, 0.15) is 41.9 Å². The number of aromatic nitrogens is 1. The summed E-state index contributed by atoms with van der Waals surface area (Å²) >= 11 is -0.713. The summed E-state index contributed by atoms with van der Waals surface area (Å²) in [4.78, 5) is 0. The van der Waals surface area contributed by atoms with Gasteiger partial charge in [-0.3, -0.25) is 0 Å². The first kappa shape index (κ1) is 19.8. The molecule has 1 nitrogen and oxygen atoms in total. The second-order valence-corrected chi connectivity index (χ2v) is 10.2. The Labute approximate surface area is 159 Å². The van der Waals surface area contributed by atoms with Gasteiger partial charge in [0.2, 0.25) is 0 Å². The monoisotopic (exact) mass is 415 g/mol. The van der Waals surface area contributed by atoms with E-state index < -0.39 is 23.2 Å². The van der Waals surface area contributed by atoms with Crippen LogP contribution in [0.2, 0.25) is 0 Å². The molecule has 2 aromatic rings. The maximum Gasteiger partial charge on any atom is -1.00 e. The van der Waals surface area contributed by atoms with E-state index in [4.69, 9.17) is 0 Å². The van der Waals surface area contributed by atoms with Crippen molar-refractivity contribution in [2.75, 3.05) is 0 Å². The van der Waals surface area contributed by atoms with Gasteiger partial charge in [-0.2, -0.15) is 0 Å². The topological polar surface area (TPSA) is 4.93 Å². The predicted octanol–water partition coefficient (Wildman–Crippen LogP) is -0.354. The Bertz CT molecular complexity index is 860. The molecule has 25 heavy (non-hydrogen) atoms. The Hall–Kier alpha value is -1.54. The van der Waals surface area contributed by atoms with Gasteiger partial charge in [-0.05, 0) is 0 Å². The number of fused-ring (bicyclic) bond motifs is 1. The summed E-state index contributed by atoms with van der Waals surface area (Å²) in [6.45, 7) is 6.93. The van der Waals surface area contributed by atoms with Gasteiger partial charge in [0.05, 0.1) is 0 Å². The Kier molecular flexibility index (Phi) is 6.16. The molecule has 0 spiro atoms. The van der Waals surface area contributed by atoms with Crippen molar-refractivity contribution in [3.05, 3.63) is 79.9 Å². The van der Waals surface area contributed by atoms with Gasteiger partial charge < -0.3 is 9.41 Å². The molecule has 0 bridgehead atoms. The van der Waals surface area contributed by atoms with Gasteiger partial charge >= 0.3 is 150 Å². The molecule has 1 aromatic carbocycles. The Balaban J connectivity index is 0.00000113. The van der Waals surface area contributed by atoms with Gasteiger partial charge in [-0.1, -0.05) is 0 Å². The summed E-state index contributed by atoms with van der Waals surface area (Å²) in [6.07, 6.45) is 8.00. The fourth-order valence-corrected chi connectivity index (χ4v) is 8.31. The average Bonchev–Trinajstić information content (AvgIpc) is 3.25. The number of rotatable bonds is 3. The molecular weight excluding hydrogens is 395 g/mol. The summed E-state index contributed by atoms with van der Waals surface area (Å²) in [5.74, 6) is 0. The van der Waals surface area contributed by atoms with Crippen molar-refractivity contribution in [3.63, 3.8) is 0 Å². The first-order chi connectivity index (χ1) is 11.1. The van der Waals surface area contributed by atoms with Crippen LogP contribution < -0.4 is 9.41 Å². The van der Waals surface area contributed by atoms with E-state index in [0.717, 1.165) is 0 Å². The zero-order valence-corrected chi connectivity index (χ0v) is 17.1. The Morgan fingerprint density at radius 3 is 2.24 bits per heavy atom. The molecule has 4 rings (SSSR count). The van der Waals surface area contributed by atoms with Crippen LogP contribution in [0.3, 0.4) is 0 Å². The van der Waals surface area contributed by atoms with Gasteiger partial charge in [0, 0.05) is 0 Å². The number of halogens is 2. The molecule has 4 heteroatoms. The summed E-state index contributed by atoms with van der Waals surface area (Å²) in [6, 6.07) is 13.2. The zero-order chi connectivity index (χ0) is 16.0. The minimum absolute atomic E-state index is 0. The fraction of sp³-hybridized carbons (Fsp3) is 0.238. The second kappa shape index (κ2) is 7.78. The van der Waals surface area contributed by atoms with E-state index in [2.05, 4.69) is 80.2 Å². The third-order valence-corrected chi connectivity index (χ3v) is 9.64. The van der Waals surface area contributed by atoms with Crippen LogP contribution in [-0.2, 0) is 23.2 Å². The number of allylic oxidation sites excluding steroid dienone is 5. The van der Waals surface area contributed by atoms with Crippen molar-refractivity contribution in [1.82, 2.24) is 4.57 Å². The average molecular weight is 417 g/mol. The first-order valence-corrected chi connectivity index (χ1v) is 10.9. The van der Waals surface area contributed by atoms with Gasteiger partial charge in [0.25, 0.3) is 0 Å². The third kappa shape index (κ3) is 3.42. The number of benzene rings is 1. The van der Waals surface area contributed by atoms with E-state index in [1.165, 1.54) is 17.7 Å². The van der Waals surface area contributed by atoms with Crippen LogP contribution in [0.15, 0.2) is 68.8 Å². The van der Waals surface area contributed by atoms with Gasteiger partial charge in [-0.15, -0.1) is 0 Å². The maximum atomic E-state index is 2.40. The van der Waals surface area contributed by atoms with Crippen LogP contribution in [-0.4, -0.2) is 4.57 Å². The van der Waals surface area contributed by atoms with Crippen LogP contribution in [0.25, 0.3) is 11.8 Å². The van der Waals surface area contributed by atoms with Crippen LogP contribution in [0.4, 0.5) is 0 Å². The number of hydrogen-bond donors (Lipinski definition) is 0. The van der Waals surface area contributed by atoms with Crippen molar-refractivity contribution in [3.8, 4) is 0 Å². The van der Waals surface area contributed by atoms with E-state index in [1.807, 2.05) is 0 Å². The quantitative estimate of drug-likeness (QED) is 0.645. The molecule has 0 amide bonds. The smallest absolute Gasteiger partial charge is 1.00 e. The molecule has 1 unspecified atom stereocenters. The first-order valence-electron chi connectivity index (χ1n) is 8.22. The predicted molar refractivity (Wildman–Crippen MR) is 93.5 cm³/mol. The van der Waals surface area contributed by atoms with E-state index in [-0.39, 0.29) is 9.41 Å². The van der Waals surface area contributed by atoms with Gasteiger partial charge in [0.1, 0.15) is 0 Å². The molecule has 0 saturated carbocycles. The van der Waals surface area contributed by atoms with E-state index >= 15 is 0 Å². The molecule has 1 atom stereocenters. The summed E-state index contributed by atoms with van der Waals surface area (Å²) in [5.41, 5.74) is 9.15. The summed E-state index contributed by atoms with van der Waals surface area (Å²) in [7, 11) is 0. The van der Waals surface area contributed by atoms with Crippen LogP contribution in [0.5, 0.6) is 0 Å². The minimum Gasteiger partial charge on any atom is -1.00 e. The molecule has 0 saturated heterocycles. The molecular formula is C21H21F2NZr. The van der Waals surface area contributed by atoms with Crippen molar-refractivity contribution in [2.24, 2.45) is 0 Å². The summed E-state index contributed by atoms with van der Waals surface area (Å²) in [5, 5.41) is 0. The van der Waals surface area contributed by atoms with Crippen molar-refractivity contribution >= 4 is 11.8 Å². The zero-order valence-electron chi connectivity index (χ0n) is 14.7. The van der Waals surface area contributed by atoms with Crippen molar-refractivity contribution in [2.45, 2.75) is 30.8 Å². The molecule has 128 valence electrons. The molecule has 0 N–H and O–H groups in total. The molecule has 1 heterocycles. The van der Waals surface area contributed by atoms with E-state index in [1.54, 1.807) is 25.6 Å². The Morgan fingerprint density at radius 1 is 0.920 bits per heavy atom. The summed E-state index contributed by atoms with van der Waals surface area (Å²) < 4.78 is 4.73. The standard InChI is InChI=1S/C13H10N.C8H11.2FH.Zr/c1-2-6-12-10-13(9-11(12)5-1)14-7-3-4-8-14;1-6-4-5-7(2)8(6)3;;;/h1-10H;4H2,1-3H3;2*1H;/q;;;;+2/p-2. The van der Waals surface area contributed by atoms with E-state index in [0.29, 0.717) is 3.63 Å². The maximum absolute atomic E-state index is 2.40. The molecule has 2 aliphatic rings. The SMILES string of the molecule is CC1=C(C)C(C)=[C]([Zr+2][CH]2C(n3cccc3)=Cc3ccccc32)C1.[F-].[F-]. The minimum atomic E-state index is -0.713. The second-order valence-electron chi connectivity index (χ2n) is 6.55. The van der Waals surface area contributed by atoms with Crippen molar-refractivity contribution < 1.29 is 32.6 Å². The third-order valence-electron chi connectivity index (χ3n) is 5.22. The van der Waals surface area contributed by atoms with Crippen LogP contribution in [0, 0.1) is 0 Å².